The van der Waals surface area contributed by atoms with Crippen molar-refractivity contribution in [3.8, 4) is 10.6 Å². The summed E-state index contributed by atoms with van der Waals surface area (Å²) in [4.78, 5) is 6.02. The molecule has 102 valence electrons. The highest BCUT2D eigenvalue weighted by molar-refractivity contribution is 9.10. The molecule has 0 atom stereocenters. The molecule has 0 aliphatic carbocycles. The van der Waals surface area contributed by atoms with Gasteiger partial charge in [-0.1, -0.05) is 28.1 Å². The number of hydrogen-bond acceptors (Lipinski definition) is 3. The minimum Gasteiger partial charge on any atom is -0.326 e. The summed E-state index contributed by atoms with van der Waals surface area (Å²) in [5, 5.41) is 1.09. The van der Waals surface area contributed by atoms with E-state index in [0.717, 1.165) is 28.0 Å². The summed E-state index contributed by atoms with van der Waals surface area (Å²) < 4.78 is 1.09. The second-order valence-electron chi connectivity index (χ2n) is 5.53. The molecule has 4 heteroatoms. The highest BCUT2D eigenvalue weighted by Gasteiger charge is 2.14. The molecule has 0 saturated carbocycles. The maximum atomic E-state index is 6.05. The number of halogens is 1. The Labute approximate surface area is 127 Å². The molecule has 0 unspecified atom stereocenters. The molecule has 1 aromatic heterocycles. The predicted octanol–water partition coefficient (Wildman–Crippen LogP) is 4.55. The number of hydrogen-bond donors (Lipinski definition) is 1. The Kier molecular flexibility index (Phi) is 4.43. The van der Waals surface area contributed by atoms with Crippen molar-refractivity contribution >= 4 is 27.3 Å². The molecule has 1 aromatic carbocycles. The zero-order valence-corrected chi connectivity index (χ0v) is 13.9. The Bertz CT molecular complexity index is 570. The van der Waals surface area contributed by atoms with Crippen LogP contribution in [0.25, 0.3) is 10.6 Å². The third-order valence-corrected chi connectivity index (χ3v) is 4.72. The van der Waals surface area contributed by atoms with E-state index in [9.17, 15) is 0 Å². The summed E-state index contributed by atoms with van der Waals surface area (Å²) in [6.45, 7) is 6.22. The lowest BCUT2D eigenvalue weighted by atomic mass is 9.99. The lowest BCUT2D eigenvalue weighted by Gasteiger charge is -2.17. The highest BCUT2D eigenvalue weighted by Crippen LogP contribution is 2.30. The summed E-state index contributed by atoms with van der Waals surface area (Å²) in [6, 6.07) is 8.27. The molecule has 19 heavy (non-hydrogen) atoms. The Hall–Kier alpha value is -0.710. The van der Waals surface area contributed by atoms with E-state index in [1.807, 2.05) is 12.1 Å². The van der Waals surface area contributed by atoms with Gasteiger partial charge in [-0.2, -0.15) is 0 Å². The van der Waals surface area contributed by atoms with Crippen LogP contribution < -0.4 is 5.73 Å². The third-order valence-electron chi connectivity index (χ3n) is 2.96. The highest BCUT2D eigenvalue weighted by atomic mass is 79.9. The van der Waals surface area contributed by atoms with E-state index in [0.29, 0.717) is 0 Å². The maximum absolute atomic E-state index is 6.05. The van der Waals surface area contributed by atoms with Gasteiger partial charge in [-0.05, 0) is 45.7 Å². The first-order chi connectivity index (χ1) is 8.85. The molecule has 0 aliphatic heterocycles. The van der Waals surface area contributed by atoms with E-state index in [1.54, 1.807) is 11.3 Å². The predicted molar refractivity (Wildman–Crippen MR) is 86.6 cm³/mol. The van der Waals surface area contributed by atoms with Gasteiger partial charge in [0.15, 0.2) is 0 Å². The first kappa shape index (κ1) is 14.7. The minimum atomic E-state index is -0.119. The van der Waals surface area contributed by atoms with Crippen molar-refractivity contribution < 1.29 is 0 Å². The van der Waals surface area contributed by atoms with Crippen molar-refractivity contribution in [2.75, 3.05) is 0 Å². The Morgan fingerprint density at radius 1 is 1.37 bits per heavy atom. The molecule has 0 spiro atoms. The third kappa shape index (κ3) is 4.13. The Morgan fingerprint density at radius 2 is 2.11 bits per heavy atom. The minimum absolute atomic E-state index is 0.119. The van der Waals surface area contributed by atoms with Crippen molar-refractivity contribution in [1.82, 2.24) is 4.98 Å². The molecule has 0 aliphatic rings. The van der Waals surface area contributed by atoms with Gasteiger partial charge < -0.3 is 5.73 Å². The van der Waals surface area contributed by atoms with Gasteiger partial charge in [0.2, 0.25) is 0 Å². The van der Waals surface area contributed by atoms with Gasteiger partial charge in [-0.25, -0.2) is 4.98 Å². The molecular weight excluding hydrogens is 320 g/mol. The number of benzene rings is 1. The van der Waals surface area contributed by atoms with Crippen LogP contribution in [0.15, 0.2) is 28.7 Å². The summed E-state index contributed by atoms with van der Waals surface area (Å²) in [5.41, 5.74) is 8.23. The molecule has 0 amide bonds. The number of nitrogens with two attached hydrogens (primary N) is 1. The van der Waals surface area contributed by atoms with Gasteiger partial charge in [0.1, 0.15) is 5.01 Å². The molecule has 2 nitrogen and oxygen atoms in total. The van der Waals surface area contributed by atoms with Crippen LogP contribution in [0, 0.1) is 6.92 Å². The molecular formula is C15H19BrN2S. The zero-order valence-electron chi connectivity index (χ0n) is 11.5. The average Bonchev–Trinajstić information content (AvgIpc) is 2.67. The quantitative estimate of drug-likeness (QED) is 0.887. The van der Waals surface area contributed by atoms with Gasteiger partial charge in [-0.3, -0.25) is 0 Å². The number of nitrogens with zero attached hydrogens (tertiary/aromatic N) is 1. The first-order valence-corrected chi connectivity index (χ1v) is 7.97. The molecule has 0 bridgehead atoms. The lowest BCUT2D eigenvalue weighted by Crippen LogP contribution is -2.32. The average molecular weight is 339 g/mol. The second-order valence-corrected chi connectivity index (χ2v) is 7.53. The second kappa shape index (κ2) is 5.73. The molecule has 2 rings (SSSR count). The van der Waals surface area contributed by atoms with Crippen LogP contribution in [0.5, 0.6) is 0 Å². The van der Waals surface area contributed by atoms with Crippen LogP contribution in [0.2, 0.25) is 0 Å². The largest absolute Gasteiger partial charge is 0.326 e. The number of aromatic nitrogens is 1. The van der Waals surface area contributed by atoms with Gasteiger partial charge in [-0.15, -0.1) is 11.3 Å². The molecule has 2 aromatic rings. The normalized spacial score (nSPS) is 11.8. The summed E-state index contributed by atoms with van der Waals surface area (Å²) in [5.74, 6) is 0. The summed E-state index contributed by atoms with van der Waals surface area (Å²) >= 11 is 5.28. The van der Waals surface area contributed by atoms with Crippen LogP contribution in [-0.2, 0) is 6.42 Å². The summed E-state index contributed by atoms with van der Waals surface area (Å²) in [6.07, 6.45) is 1.98. The van der Waals surface area contributed by atoms with Crippen LogP contribution >= 0.6 is 27.3 Å². The van der Waals surface area contributed by atoms with Crippen molar-refractivity contribution in [2.24, 2.45) is 5.73 Å². The van der Waals surface area contributed by atoms with E-state index in [2.05, 4.69) is 53.8 Å². The molecule has 0 radical (unpaired) electrons. The fourth-order valence-corrected chi connectivity index (χ4v) is 3.30. The van der Waals surface area contributed by atoms with E-state index >= 15 is 0 Å². The molecule has 2 N–H and O–H groups in total. The zero-order chi connectivity index (χ0) is 14.0. The van der Waals surface area contributed by atoms with Gasteiger partial charge >= 0.3 is 0 Å². The van der Waals surface area contributed by atoms with E-state index in [1.165, 1.54) is 10.4 Å². The maximum Gasteiger partial charge on any atom is 0.123 e. The monoisotopic (exact) mass is 338 g/mol. The Morgan fingerprint density at radius 3 is 2.74 bits per heavy atom. The van der Waals surface area contributed by atoms with Gasteiger partial charge in [0, 0.05) is 20.5 Å². The molecule has 0 saturated heterocycles. The van der Waals surface area contributed by atoms with Gasteiger partial charge in [0.05, 0.1) is 5.69 Å². The van der Waals surface area contributed by atoms with Crippen molar-refractivity contribution in [3.63, 3.8) is 0 Å². The SMILES string of the molecule is Cc1nc(-c2cccc(Br)c2)sc1CCC(C)(C)N. The topological polar surface area (TPSA) is 38.9 Å². The van der Waals surface area contributed by atoms with E-state index in [4.69, 9.17) is 5.73 Å². The fraction of sp³-hybridized carbons (Fsp3) is 0.400. The Balaban J connectivity index is 2.21. The standard InChI is InChI=1S/C15H19BrN2S/c1-10-13(7-8-15(2,3)17)19-14(18-10)11-5-4-6-12(16)9-11/h4-6,9H,7-8,17H2,1-3H3. The lowest BCUT2D eigenvalue weighted by molar-refractivity contribution is 0.478. The number of rotatable bonds is 4. The number of thiazole rings is 1. The van der Waals surface area contributed by atoms with Crippen molar-refractivity contribution in [1.29, 1.82) is 0 Å². The van der Waals surface area contributed by atoms with Gasteiger partial charge in [0.25, 0.3) is 0 Å². The molecule has 1 heterocycles. The van der Waals surface area contributed by atoms with E-state index in [-0.39, 0.29) is 5.54 Å². The van der Waals surface area contributed by atoms with Crippen molar-refractivity contribution in [2.45, 2.75) is 39.2 Å². The van der Waals surface area contributed by atoms with E-state index < -0.39 is 0 Å². The van der Waals surface area contributed by atoms with Crippen LogP contribution in [0.3, 0.4) is 0 Å². The first-order valence-electron chi connectivity index (χ1n) is 6.36. The molecule has 0 fully saturated rings. The number of aryl methyl sites for hydroxylation is 2. The summed E-state index contributed by atoms with van der Waals surface area (Å²) in [7, 11) is 0. The fourth-order valence-electron chi connectivity index (χ4n) is 1.84. The van der Waals surface area contributed by atoms with Crippen molar-refractivity contribution in [3.05, 3.63) is 39.3 Å². The van der Waals surface area contributed by atoms with Crippen LogP contribution in [-0.4, -0.2) is 10.5 Å². The van der Waals surface area contributed by atoms with Crippen LogP contribution in [0.4, 0.5) is 0 Å². The van der Waals surface area contributed by atoms with Crippen LogP contribution in [0.1, 0.15) is 30.8 Å². The smallest absolute Gasteiger partial charge is 0.123 e.